The summed E-state index contributed by atoms with van der Waals surface area (Å²) in [4.78, 5) is 38.3. The van der Waals surface area contributed by atoms with E-state index in [1.54, 1.807) is 0 Å². The normalized spacial score (nSPS) is 12.1. The number of unbranched alkanes of at least 4 members (excludes halogenated alkanes) is 51. The molecule has 6 nitrogen and oxygen atoms in total. The van der Waals surface area contributed by atoms with Crippen molar-refractivity contribution >= 4 is 17.9 Å². The summed E-state index contributed by atoms with van der Waals surface area (Å²) in [5.74, 6) is -0.830. The zero-order chi connectivity index (χ0) is 56.4. The maximum Gasteiger partial charge on any atom is 0.306 e. The molecule has 0 aliphatic rings. The molecule has 78 heavy (non-hydrogen) atoms. The summed E-state index contributed by atoms with van der Waals surface area (Å²) < 4.78 is 17.0. The molecular formula is C72H136O6. The lowest BCUT2D eigenvalue weighted by molar-refractivity contribution is -0.167. The van der Waals surface area contributed by atoms with Crippen LogP contribution in [0.25, 0.3) is 0 Å². The first kappa shape index (κ1) is 75.9. The first-order chi connectivity index (χ1) is 38.5. The summed E-state index contributed by atoms with van der Waals surface area (Å²) in [6, 6.07) is 0. The average molecular weight is 1100 g/mol. The molecule has 0 spiro atoms. The molecule has 0 radical (unpaired) electrons. The van der Waals surface area contributed by atoms with Gasteiger partial charge in [-0.15, -0.1) is 0 Å². The molecule has 0 saturated heterocycles. The molecule has 0 saturated carbocycles. The summed E-state index contributed by atoms with van der Waals surface area (Å²) in [6.07, 6.45) is 82.1. The Morgan fingerprint density at radius 1 is 0.256 bits per heavy atom. The zero-order valence-electron chi connectivity index (χ0n) is 53.0. The van der Waals surface area contributed by atoms with Crippen LogP contribution in [-0.2, 0) is 28.6 Å². The number of esters is 3. The fourth-order valence-corrected chi connectivity index (χ4v) is 10.9. The Kier molecular flexibility index (Phi) is 65.6. The van der Waals surface area contributed by atoms with Gasteiger partial charge in [0.2, 0.25) is 0 Å². The summed E-state index contributed by atoms with van der Waals surface area (Å²) >= 11 is 0. The fraction of sp³-hybridized carbons (Fsp3) is 0.903. The van der Waals surface area contributed by atoms with Gasteiger partial charge in [0.15, 0.2) is 6.10 Å². The van der Waals surface area contributed by atoms with Crippen molar-refractivity contribution in [3.63, 3.8) is 0 Å². The quantitative estimate of drug-likeness (QED) is 0.0261. The molecule has 460 valence electrons. The van der Waals surface area contributed by atoms with Gasteiger partial charge in [0.25, 0.3) is 0 Å². The molecule has 1 unspecified atom stereocenters. The van der Waals surface area contributed by atoms with Gasteiger partial charge in [0.05, 0.1) is 0 Å². The Balaban J connectivity index is 4.11. The lowest BCUT2D eigenvalue weighted by atomic mass is 10.0. The highest BCUT2D eigenvalue weighted by Crippen LogP contribution is 2.19. The standard InChI is InChI=1S/C72H136O6/c1-4-7-10-13-16-19-22-25-27-29-30-31-32-33-34-35-36-37-38-39-40-41-42-43-45-47-50-53-56-59-62-65-71(74)77-68-69(67-76-70(73)64-61-58-55-52-49-46-24-21-18-15-12-9-6-3)78-72(75)66-63-60-57-54-51-48-44-28-26-23-20-17-14-11-8-5-2/h22,25,29-30,69H,4-21,23-24,26-28,31-68H2,1-3H3/b25-22-,30-29-. The minimum absolute atomic E-state index is 0.0630. The lowest BCUT2D eigenvalue weighted by Gasteiger charge is -2.18. The summed E-state index contributed by atoms with van der Waals surface area (Å²) in [5, 5.41) is 0. The number of allylic oxidation sites excluding steroid dienone is 4. The van der Waals surface area contributed by atoms with Crippen molar-refractivity contribution in [1.29, 1.82) is 0 Å². The fourth-order valence-electron chi connectivity index (χ4n) is 10.9. The van der Waals surface area contributed by atoms with Crippen molar-refractivity contribution in [2.24, 2.45) is 0 Å². The molecule has 0 heterocycles. The molecule has 0 amide bonds. The van der Waals surface area contributed by atoms with E-state index in [0.717, 1.165) is 64.2 Å². The largest absolute Gasteiger partial charge is 0.462 e. The highest BCUT2D eigenvalue weighted by Gasteiger charge is 2.19. The van der Waals surface area contributed by atoms with Gasteiger partial charge in [-0.2, -0.15) is 0 Å². The first-order valence-electron chi connectivity index (χ1n) is 35.3. The third-order valence-corrected chi connectivity index (χ3v) is 16.2. The van der Waals surface area contributed by atoms with Crippen LogP contribution in [0.1, 0.15) is 400 Å². The zero-order valence-corrected chi connectivity index (χ0v) is 53.0. The van der Waals surface area contributed by atoms with Crippen molar-refractivity contribution < 1.29 is 28.6 Å². The third kappa shape index (κ3) is 64.7. The second-order valence-electron chi connectivity index (χ2n) is 24.2. The predicted octanol–water partition coefficient (Wildman–Crippen LogP) is 24.2. The molecular weight excluding hydrogens is 961 g/mol. The number of hydrogen-bond acceptors (Lipinski definition) is 6. The molecule has 0 aromatic carbocycles. The van der Waals surface area contributed by atoms with Crippen LogP contribution in [0.3, 0.4) is 0 Å². The van der Waals surface area contributed by atoms with E-state index < -0.39 is 6.10 Å². The van der Waals surface area contributed by atoms with Gasteiger partial charge in [-0.1, -0.05) is 353 Å². The van der Waals surface area contributed by atoms with Gasteiger partial charge in [-0.3, -0.25) is 14.4 Å². The number of carbonyl (C=O) groups is 3. The van der Waals surface area contributed by atoms with Gasteiger partial charge in [-0.25, -0.2) is 0 Å². The number of carbonyl (C=O) groups excluding carboxylic acids is 3. The first-order valence-corrected chi connectivity index (χ1v) is 35.3. The van der Waals surface area contributed by atoms with Crippen molar-refractivity contribution in [3.8, 4) is 0 Å². The number of rotatable bonds is 66. The van der Waals surface area contributed by atoms with Gasteiger partial charge >= 0.3 is 17.9 Å². The van der Waals surface area contributed by atoms with Crippen molar-refractivity contribution in [2.75, 3.05) is 13.2 Å². The molecule has 0 aliphatic carbocycles. The van der Waals surface area contributed by atoms with Crippen molar-refractivity contribution in [1.82, 2.24) is 0 Å². The maximum absolute atomic E-state index is 12.9. The maximum atomic E-state index is 12.9. The van der Waals surface area contributed by atoms with Crippen LogP contribution in [0.2, 0.25) is 0 Å². The molecule has 0 fully saturated rings. The molecule has 6 heteroatoms. The molecule has 0 aromatic rings. The Bertz CT molecular complexity index is 1260. The molecule has 1 atom stereocenters. The Morgan fingerprint density at radius 3 is 0.705 bits per heavy atom. The molecule has 0 rings (SSSR count). The number of ether oxygens (including phenoxy) is 3. The van der Waals surface area contributed by atoms with Gasteiger partial charge < -0.3 is 14.2 Å². The van der Waals surface area contributed by atoms with Crippen LogP contribution in [0.4, 0.5) is 0 Å². The number of hydrogen-bond donors (Lipinski definition) is 0. The SMILES string of the molecule is CCCCCCC/C=C\C/C=C\CCCCCCCCCCCCCCCCCCCCCC(=O)OCC(COC(=O)CCCCCCCCCCCCCCC)OC(=O)CCCCCCCCCCCCCCCCCC. The predicted molar refractivity (Wildman–Crippen MR) is 340 cm³/mol. The minimum Gasteiger partial charge on any atom is -0.462 e. The van der Waals surface area contributed by atoms with Crippen LogP contribution < -0.4 is 0 Å². The van der Waals surface area contributed by atoms with E-state index in [9.17, 15) is 14.4 Å². The van der Waals surface area contributed by atoms with Crippen LogP contribution in [-0.4, -0.2) is 37.2 Å². The van der Waals surface area contributed by atoms with Crippen LogP contribution in [0.5, 0.6) is 0 Å². The van der Waals surface area contributed by atoms with E-state index in [2.05, 4.69) is 45.1 Å². The Hall–Kier alpha value is -2.11. The van der Waals surface area contributed by atoms with Crippen molar-refractivity contribution in [3.05, 3.63) is 24.3 Å². The average Bonchev–Trinajstić information content (AvgIpc) is 3.44. The van der Waals surface area contributed by atoms with E-state index >= 15 is 0 Å². The topological polar surface area (TPSA) is 78.9 Å². The van der Waals surface area contributed by atoms with Gasteiger partial charge in [0.1, 0.15) is 13.2 Å². The third-order valence-electron chi connectivity index (χ3n) is 16.2. The highest BCUT2D eigenvalue weighted by molar-refractivity contribution is 5.71. The van der Waals surface area contributed by atoms with E-state index in [1.807, 2.05) is 0 Å². The summed E-state index contributed by atoms with van der Waals surface area (Å²) in [6.45, 7) is 6.71. The van der Waals surface area contributed by atoms with E-state index in [4.69, 9.17) is 14.2 Å². The summed E-state index contributed by atoms with van der Waals surface area (Å²) in [5.41, 5.74) is 0. The highest BCUT2D eigenvalue weighted by atomic mass is 16.6. The Labute approximate surface area is 487 Å². The van der Waals surface area contributed by atoms with E-state index in [0.29, 0.717) is 19.3 Å². The second-order valence-corrected chi connectivity index (χ2v) is 24.2. The second kappa shape index (κ2) is 67.4. The smallest absolute Gasteiger partial charge is 0.306 e. The van der Waals surface area contributed by atoms with Gasteiger partial charge in [0, 0.05) is 19.3 Å². The molecule has 0 N–H and O–H groups in total. The van der Waals surface area contributed by atoms with Crippen LogP contribution in [0, 0.1) is 0 Å². The van der Waals surface area contributed by atoms with Gasteiger partial charge in [-0.05, 0) is 51.4 Å². The molecule has 0 aliphatic heterocycles. The van der Waals surface area contributed by atoms with Crippen molar-refractivity contribution in [2.45, 2.75) is 406 Å². The minimum atomic E-state index is -0.765. The lowest BCUT2D eigenvalue weighted by Crippen LogP contribution is -2.30. The summed E-state index contributed by atoms with van der Waals surface area (Å²) in [7, 11) is 0. The Morgan fingerprint density at radius 2 is 0.462 bits per heavy atom. The van der Waals surface area contributed by atoms with Crippen LogP contribution in [0.15, 0.2) is 24.3 Å². The van der Waals surface area contributed by atoms with Crippen LogP contribution >= 0.6 is 0 Å². The van der Waals surface area contributed by atoms with E-state index in [-0.39, 0.29) is 31.1 Å². The van der Waals surface area contributed by atoms with E-state index in [1.165, 1.54) is 295 Å². The monoisotopic (exact) mass is 1100 g/mol. The molecule has 0 bridgehead atoms. The molecule has 0 aromatic heterocycles.